The van der Waals surface area contributed by atoms with E-state index in [-0.39, 0.29) is 12.4 Å². The summed E-state index contributed by atoms with van der Waals surface area (Å²) >= 11 is 7.27. The van der Waals surface area contributed by atoms with Crippen LogP contribution in [0.1, 0.15) is 23.7 Å². The Bertz CT molecular complexity index is 973. The first-order chi connectivity index (χ1) is 14.1. The molecule has 0 spiro atoms. The predicted molar refractivity (Wildman–Crippen MR) is 116 cm³/mol. The van der Waals surface area contributed by atoms with Gasteiger partial charge >= 0.3 is 5.97 Å². The first-order valence-corrected chi connectivity index (χ1v) is 10.2. The molecule has 8 heteroatoms. The molecule has 2 aromatic carbocycles. The molecule has 1 aromatic heterocycles. The molecule has 6 nitrogen and oxygen atoms in total. The maximum absolute atomic E-state index is 11.5. The number of ether oxygens (including phenoxy) is 2. The van der Waals surface area contributed by atoms with Crippen LogP contribution in [0.5, 0.6) is 5.75 Å². The van der Waals surface area contributed by atoms with Gasteiger partial charge in [0.1, 0.15) is 12.4 Å². The van der Waals surface area contributed by atoms with Crippen LogP contribution in [0.3, 0.4) is 0 Å². The molecular formula is C21H20ClN3O3S. The van der Waals surface area contributed by atoms with Crippen molar-refractivity contribution in [3.63, 3.8) is 0 Å². The lowest BCUT2D eigenvalue weighted by Crippen LogP contribution is -2.07. The smallest absolute Gasteiger partial charge is 0.311 e. The van der Waals surface area contributed by atoms with Gasteiger partial charge in [0.2, 0.25) is 5.13 Å². The van der Waals surface area contributed by atoms with Crippen LogP contribution in [0.15, 0.2) is 59.0 Å². The minimum Gasteiger partial charge on any atom is -0.489 e. The third kappa shape index (κ3) is 6.89. The monoisotopic (exact) mass is 429 g/mol. The van der Waals surface area contributed by atoms with E-state index in [0.717, 1.165) is 16.9 Å². The van der Waals surface area contributed by atoms with Gasteiger partial charge in [-0.15, -0.1) is 11.3 Å². The van der Waals surface area contributed by atoms with Crippen molar-refractivity contribution in [1.82, 2.24) is 4.98 Å². The lowest BCUT2D eigenvalue weighted by Gasteiger charge is -2.07. The molecule has 0 aliphatic rings. The molecule has 0 fully saturated rings. The first kappa shape index (κ1) is 20.8. The number of nitrogens with zero attached hydrogens (tertiary/aromatic N) is 2. The van der Waals surface area contributed by atoms with Gasteiger partial charge in [-0.1, -0.05) is 35.9 Å². The van der Waals surface area contributed by atoms with Gasteiger partial charge in [-0.05, 0) is 42.3 Å². The highest BCUT2D eigenvalue weighted by molar-refractivity contribution is 7.13. The quantitative estimate of drug-likeness (QED) is 0.296. The molecule has 0 aliphatic carbocycles. The molecule has 29 heavy (non-hydrogen) atoms. The van der Waals surface area contributed by atoms with Crippen molar-refractivity contribution in [2.24, 2.45) is 5.10 Å². The molecule has 1 N–H and O–H groups in total. The number of carbonyl (C=O) groups excluding carboxylic acids is 1. The Kier molecular flexibility index (Phi) is 7.61. The summed E-state index contributed by atoms with van der Waals surface area (Å²) in [5, 5.41) is 7.31. The van der Waals surface area contributed by atoms with Crippen LogP contribution in [-0.2, 0) is 22.6 Å². The minimum atomic E-state index is -0.289. The van der Waals surface area contributed by atoms with Crippen LogP contribution in [0, 0.1) is 0 Å². The number of benzene rings is 2. The second-order valence-corrected chi connectivity index (χ2v) is 7.28. The zero-order chi connectivity index (χ0) is 20.5. The van der Waals surface area contributed by atoms with E-state index in [9.17, 15) is 4.79 Å². The Morgan fingerprint density at radius 1 is 1.28 bits per heavy atom. The summed E-state index contributed by atoms with van der Waals surface area (Å²) in [5.74, 6) is 0.457. The van der Waals surface area contributed by atoms with Crippen molar-refractivity contribution in [2.75, 3.05) is 12.0 Å². The average molecular weight is 430 g/mol. The van der Waals surface area contributed by atoms with E-state index in [0.29, 0.717) is 29.1 Å². The van der Waals surface area contributed by atoms with Crippen LogP contribution >= 0.6 is 22.9 Å². The van der Waals surface area contributed by atoms with Crippen molar-refractivity contribution in [3.8, 4) is 5.75 Å². The topological polar surface area (TPSA) is 72.8 Å². The molecular weight excluding hydrogens is 410 g/mol. The van der Waals surface area contributed by atoms with E-state index in [1.54, 1.807) is 18.5 Å². The van der Waals surface area contributed by atoms with E-state index >= 15 is 0 Å². The summed E-state index contributed by atoms with van der Waals surface area (Å²) in [6.07, 6.45) is 1.84. The third-order valence-corrected chi connectivity index (χ3v) is 4.78. The Labute approximate surface area is 178 Å². The van der Waals surface area contributed by atoms with Crippen LogP contribution in [-0.4, -0.2) is 23.8 Å². The number of nitrogens with one attached hydrogen (secondary N) is 1. The molecule has 3 aromatic rings. The maximum atomic E-state index is 11.5. The number of aromatic nitrogens is 1. The minimum absolute atomic E-state index is 0.155. The van der Waals surface area contributed by atoms with Crippen LogP contribution in [0.2, 0.25) is 5.02 Å². The number of hydrogen-bond acceptors (Lipinski definition) is 7. The van der Waals surface area contributed by atoms with Crippen LogP contribution in [0.25, 0.3) is 0 Å². The van der Waals surface area contributed by atoms with E-state index in [1.807, 2.05) is 48.5 Å². The van der Waals surface area contributed by atoms with Gasteiger partial charge in [0.15, 0.2) is 0 Å². The highest BCUT2D eigenvalue weighted by atomic mass is 35.5. The summed E-state index contributed by atoms with van der Waals surface area (Å²) in [7, 11) is 0. The number of rotatable bonds is 9. The fourth-order valence-electron chi connectivity index (χ4n) is 2.39. The van der Waals surface area contributed by atoms with E-state index in [1.165, 1.54) is 11.3 Å². The second-order valence-electron chi connectivity index (χ2n) is 5.98. The molecule has 0 saturated carbocycles. The lowest BCUT2D eigenvalue weighted by atomic mass is 10.2. The van der Waals surface area contributed by atoms with Crippen molar-refractivity contribution in [2.45, 2.75) is 20.0 Å². The standard InChI is InChI=1S/C21H20ClN3O3S/c1-2-27-20(26)11-18-14-29-21(24-18)25-23-12-16-4-3-5-19(10-16)28-13-15-6-8-17(22)9-7-15/h3-10,12,14H,2,11,13H2,1H3,(H,24,25)/b23-12-. The van der Waals surface area contributed by atoms with Crippen molar-refractivity contribution in [1.29, 1.82) is 0 Å². The predicted octanol–water partition coefficient (Wildman–Crippen LogP) is 4.93. The molecule has 0 saturated heterocycles. The summed E-state index contributed by atoms with van der Waals surface area (Å²) < 4.78 is 10.7. The second kappa shape index (κ2) is 10.6. The highest BCUT2D eigenvalue weighted by Gasteiger charge is 2.07. The van der Waals surface area contributed by atoms with Gasteiger partial charge in [0.05, 0.1) is 24.9 Å². The number of anilines is 1. The number of carbonyl (C=O) groups is 1. The normalized spacial score (nSPS) is 10.8. The zero-order valence-corrected chi connectivity index (χ0v) is 17.4. The molecule has 0 atom stereocenters. The maximum Gasteiger partial charge on any atom is 0.311 e. The van der Waals surface area contributed by atoms with Crippen molar-refractivity contribution < 1.29 is 14.3 Å². The van der Waals surface area contributed by atoms with E-state index < -0.39 is 0 Å². The van der Waals surface area contributed by atoms with Crippen molar-refractivity contribution >= 4 is 40.3 Å². The molecule has 1 heterocycles. The Morgan fingerprint density at radius 2 is 2.10 bits per heavy atom. The van der Waals surface area contributed by atoms with Crippen molar-refractivity contribution in [3.05, 3.63) is 75.8 Å². The Morgan fingerprint density at radius 3 is 2.90 bits per heavy atom. The van der Waals surface area contributed by atoms with Crippen LogP contribution in [0.4, 0.5) is 5.13 Å². The molecule has 150 valence electrons. The summed E-state index contributed by atoms with van der Waals surface area (Å²) in [4.78, 5) is 15.8. The van der Waals surface area contributed by atoms with Gasteiger partial charge in [-0.25, -0.2) is 4.98 Å². The summed E-state index contributed by atoms with van der Waals surface area (Å²) in [5.41, 5.74) is 5.45. The first-order valence-electron chi connectivity index (χ1n) is 8.99. The molecule has 0 amide bonds. The molecule has 0 unspecified atom stereocenters. The van der Waals surface area contributed by atoms with E-state index in [4.69, 9.17) is 21.1 Å². The van der Waals surface area contributed by atoms with Crippen LogP contribution < -0.4 is 10.2 Å². The number of halogens is 1. The third-order valence-electron chi connectivity index (χ3n) is 3.73. The van der Waals surface area contributed by atoms with Gasteiger partial charge < -0.3 is 9.47 Å². The number of esters is 1. The molecule has 0 bridgehead atoms. The van der Waals surface area contributed by atoms with Gasteiger partial charge in [-0.2, -0.15) is 5.10 Å². The largest absolute Gasteiger partial charge is 0.489 e. The highest BCUT2D eigenvalue weighted by Crippen LogP contribution is 2.17. The fraction of sp³-hybridized carbons (Fsp3) is 0.190. The Hall–Kier alpha value is -2.90. The van der Waals surface area contributed by atoms with E-state index in [2.05, 4.69) is 15.5 Å². The lowest BCUT2D eigenvalue weighted by molar-refractivity contribution is -0.142. The van der Waals surface area contributed by atoms with Gasteiger partial charge in [-0.3, -0.25) is 10.2 Å². The molecule has 0 aliphatic heterocycles. The summed E-state index contributed by atoms with van der Waals surface area (Å²) in [6, 6.07) is 15.2. The summed E-state index contributed by atoms with van der Waals surface area (Å²) in [6.45, 7) is 2.59. The van der Waals surface area contributed by atoms with Gasteiger partial charge in [0.25, 0.3) is 0 Å². The fourth-order valence-corrected chi connectivity index (χ4v) is 3.18. The Balaban J connectivity index is 1.52. The number of thiazole rings is 1. The average Bonchev–Trinajstić information content (AvgIpc) is 3.15. The molecule has 0 radical (unpaired) electrons. The molecule has 3 rings (SSSR count). The number of hydrogen-bond donors (Lipinski definition) is 1. The van der Waals surface area contributed by atoms with Gasteiger partial charge in [0, 0.05) is 10.4 Å². The zero-order valence-electron chi connectivity index (χ0n) is 15.8. The SMILES string of the molecule is CCOC(=O)Cc1csc(N/N=C\c2cccc(OCc3ccc(Cl)cc3)c2)n1. The number of hydrazone groups is 1.